The maximum Gasteiger partial charge on any atom is 0.416 e. The normalized spacial score (nSPS) is 17.7. The molecule has 1 fully saturated rings. The van der Waals surface area contributed by atoms with Crippen LogP contribution in [0, 0.1) is 5.92 Å². The SMILES string of the molecule is O=C(O)CN(Cc1ccc(C(F)(F)F)cc1)C(=O)CC1CCOC1. The molecule has 1 atom stereocenters. The lowest BCUT2D eigenvalue weighted by Crippen LogP contribution is -2.36. The van der Waals surface area contributed by atoms with Crippen LogP contribution in [0.4, 0.5) is 13.2 Å². The fourth-order valence-electron chi connectivity index (χ4n) is 2.54. The molecule has 1 aromatic rings. The Balaban J connectivity index is 2.04. The Kier molecular flexibility index (Phi) is 5.82. The Morgan fingerprint density at radius 1 is 1.25 bits per heavy atom. The average molecular weight is 345 g/mol. The molecule has 1 aliphatic heterocycles. The van der Waals surface area contributed by atoms with E-state index in [2.05, 4.69) is 0 Å². The van der Waals surface area contributed by atoms with Crippen LogP contribution >= 0.6 is 0 Å². The zero-order valence-electron chi connectivity index (χ0n) is 12.9. The first kappa shape index (κ1) is 18.3. The van der Waals surface area contributed by atoms with Gasteiger partial charge in [-0.2, -0.15) is 13.2 Å². The first-order valence-electron chi connectivity index (χ1n) is 7.49. The van der Waals surface area contributed by atoms with Crippen LogP contribution in [-0.4, -0.2) is 41.6 Å². The number of rotatable bonds is 6. The van der Waals surface area contributed by atoms with Gasteiger partial charge < -0.3 is 14.7 Å². The molecular weight excluding hydrogens is 327 g/mol. The summed E-state index contributed by atoms with van der Waals surface area (Å²) in [5.74, 6) is -1.45. The Labute approximate surface area is 137 Å². The molecular formula is C16H18F3NO4. The van der Waals surface area contributed by atoms with Crippen LogP contribution in [0.5, 0.6) is 0 Å². The van der Waals surface area contributed by atoms with E-state index in [1.807, 2.05) is 0 Å². The molecule has 24 heavy (non-hydrogen) atoms. The predicted molar refractivity (Wildman–Crippen MR) is 78.0 cm³/mol. The highest BCUT2D eigenvalue weighted by Crippen LogP contribution is 2.29. The monoisotopic (exact) mass is 345 g/mol. The minimum absolute atomic E-state index is 0.0448. The van der Waals surface area contributed by atoms with Gasteiger partial charge in [0, 0.05) is 26.2 Å². The number of carboxylic acid groups (broad SMARTS) is 1. The molecule has 8 heteroatoms. The summed E-state index contributed by atoms with van der Waals surface area (Å²) in [6, 6.07) is 4.35. The van der Waals surface area contributed by atoms with Crippen LogP contribution in [0.1, 0.15) is 24.0 Å². The average Bonchev–Trinajstić information content (AvgIpc) is 2.98. The highest BCUT2D eigenvalue weighted by atomic mass is 19.4. The van der Waals surface area contributed by atoms with Gasteiger partial charge in [0.15, 0.2) is 0 Å². The summed E-state index contributed by atoms with van der Waals surface area (Å²) in [6.07, 6.45) is -3.52. The molecule has 0 spiro atoms. The van der Waals surface area contributed by atoms with Gasteiger partial charge in [-0.1, -0.05) is 12.1 Å². The summed E-state index contributed by atoms with van der Waals surface area (Å²) < 4.78 is 42.9. The van der Waals surface area contributed by atoms with E-state index in [9.17, 15) is 22.8 Å². The second kappa shape index (κ2) is 7.65. The van der Waals surface area contributed by atoms with E-state index in [1.165, 1.54) is 12.1 Å². The Bertz CT molecular complexity index is 580. The lowest BCUT2D eigenvalue weighted by Gasteiger charge is -2.22. The zero-order valence-corrected chi connectivity index (χ0v) is 12.9. The second-order valence-electron chi connectivity index (χ2n) is 5.77. The number of ether oxygens (including phenoxy) is 1. The van der Waals surface area contributed by atoms with E-state index in [0.717, 1.165) is 23.5 Å². The molecule has 0 aliphatic carbocycles. The van der Waals surface area contributed by atoms with Gasteiger partial charge in [-0.25, -0.2) is 0 Å². The van der Waals surface area contributed by atoms with E-state index in [4.69, 9.17) is 9.84 Å². The van der Waals surface area contributed by atoms with Gasteiger partial charge in [0.05, 0.1) is 5.56 Å². The van der Waals surface area contributed by atoms with Crippen molar-refractivity contribution in [3.63, 3.8) is 0 Å². The summed E-state index contributed by atoms with van der Waals surface area (Å²) >= 11 is 0. The Morgan fingerprint density at radius 3 is 2.42 bits per heavy atom. The fourth-order valence-corrected chi connectivity index (χ4v) is 2.54. The van der Waals surface area contributed by atoms with Crippen LogP contribution in [0.15, 0.2) is 24.3 Å². The van der Waals surface area contributed by atoms with Gasteiger partial charge in [0.2, 0.25) is 5.91 Å². The molecule has 2 rings (SSSR count). The number of carboxylic acids is 1. The molecule has 132 valence electrons. The fraction of sp³-hybridized carbons (Fsp3) is 0.500. The minimum Gasteiger partial charge on any atom is -0.480 e. The van der Waals surface area contributed by atoms with Crippen molar-refractivity contribution >= 4 is 11.9 Å². The summed E-state index contributed by atoms with van der Waals surface area (Å²) in [5.41, 5.74) is -0.342. The predicted octanol–water partition coefficient (Wildman–Crippen LogP) is 2.55. The van der Waals surface area contributed by atoms with Crippen molar-refractivity contribution in [2.75, 3.05) is 19.8 Å². The third-order valence-corrected chi connectivity index (χ3v) is 3.82. The lowest BCUT2D eigenvalue weighted by atomic mass is 10.0. The number of amides is 1. The molecule has 0 saturated carbocycles. The topological polar surface area (TPSA) is 66.8 Å². The summed E-state index contributed by atoms with van der Waals surface area (Å²) in [4.78, 5) is 24.4. The van der Waals surface area contributed by atoms with Crippen molar-refractivity contribution in [2.24, 2.45) is 5.92 Å². The van der Waals surface area contributed by atoms with E-state index in [1.54, 1.807) is 0 Å². The number of hydrogen-bond donors (Lipinski definition) is 1. The first-order chi connectivity index (χ1) is 11.3. The summed E-state index contributed by atoms with van der Waals surface area (Å²) in [5, 5.41) is 8.96. The molecule has 1 amide bonds. The number of carbonyl (C=O) groups excluding carboxylic acids is 1. The molecule has 1 saturated heterocycles. The highest BCUT2D eigenvalue weighted by molar-refractivity contribution is 5.81. The maximum absolute atomic E-state index is 12.6. The Morgan fingerprint density at radius 2 is 1.92 bits per heavy atom. The van der Waals surface area contributed by atoms with Crippen molar-refractivity contribution < 1.29 is 32.6 Å². The molecule has 1 aliphatic rings. The molecule has 0 aromatic heterocycles. The number of benzene rings is 1. The minimum atomic E-state index is -4.43. The van der Waals surface area contributed by atoms with Crippen molar-refractivity contribution in [2.45, 2.75) is 25.6 Å². The molecule has 0 bridgehead atoms. The Hall–Kier alpha value is -2.09. The number of nitrogens with zero attached hydrogens (tertiary/aromatic N) is 1. The molecule has 0 radical (unpaired) electrons. The standard InChI is InChI=1S/C16H18F3NO4/c17-16(18,19)13-3-1-11(2-4-13)8-20(9-15(22)23)14(21)7-12-5-6-24-10-12/h1-4,12H,5-10H2,(H,22,23). The summed E-state index contributed by atoms with van der Waals surface area (Å²) in [7, 11) is 0. The second-order valence-corrected chi connectivity index (χ2v) is 5.77. The van der Waals surface area contributed by atoms with Gasteiger partial charge in [-0.3, -0.25) is 9.59 Å². The van der Waals surface area contributed by atoms with Crippen LogP contribution in [0.3, 0.4) is 0 Å². The van der Waals surface area contributed by atoms with E-state index >= 15 is 0 Å². The third-order valence-electron chi connectivity index (χ3n) is 3.82. The van der Waals surface area contributed by atoms with Crippen LogP contribution in [0.2, 0.25) is 0 Å². The smallest absolute Gasteiger partial charge is 0.416 e. The van der Waals surface area contributed by atoms with Crippen molar-refractivity contribution in [3.05, 3.63) is 35.4 Å². The van der Waals surface area contributed by atoms with Gasteiger partial charge in [-0.05, 0) is 30.0 Å². The van der Waals surface area contributed by atoms with Crippen LogP contribution in [0.25, 0.3) is 0 Å². The largest absolute Gasteiger partial charge is 0.480 e. The first-order valence-corrected chi connectivity index (χ1v) is 7.49. The third kappa shape index (κ3) is 5.23. The number of carbonyl (C=O) groups is 2. The van der Waals surface area contributed by atoms with E-state index in [-0.39, 0.29) is 24.8 Å². The highest BCUT2D eigenvalue weighted by Gasteiger charge is 2.30. The van der Waals surface area contributed by atoms with E-state index < -0.39 is 24.3 Å². The number of aliphatic carboxylic acids is 1. The number of alkyl halides is 3. The molecule has 1 heterocycles. The quantitative estimate of drug-likeness (QED) is 0.860. The van der Waals surface area contributed by atoms with Gasteiger partial charge in [0.1, 0.15) is 6.54 Å². The molecule has 1 unspecified atom stereocenters. The van der Waals surface area contributed by atoms with Gasteiger partial charge in [-0.15, -0.1) is 0 Å². The number of halogens is 3. The van der Waals surface area contributed by atoms with Crippen molar-refractivity contribution in [3.8, 4) is 0 Å². The van der Waals surface area contributed by atoms with Crippen molar-refractivity contribution in [1.82, 2.24) is 4.90 Å². The van der Waals surface area contributed by atoms with Crippen molar-refractivity contribution in [1.29, 1.82) is 0 Å². The maximum atomic E-state index is 12.6. The van der Waals surface area contributed by atoms with Gasteiger partial charge in [0.25, 0.3) is 0 Å². The molecule has 1 aromatic carbocycles. The van der Waals surface area contributed by atoms with Gasteiger partial charge >= 0.3 is 12.1 Å². The van der Waals surface area contributed by atoms with E-state index in [0.29, 0.717) is 18.8 Å². The van der Waals surface area contributed by atoms with Crippen LogP contribution in [-0.2, 0) is 27.0 Å². The molecule has 1 N–H and O–H groups in total. The zero-order chi connectivity index (χ0) is 17.7. The number of hydrogen-bond acceptors (Lipinski definition) is 3. The summed E-state index contributed by atoms with van der Waals surface area (Å²) in [6.45, 7) is 0.507. The molecule has 5 nitrogen and oxygen atoms in total. The lowest BCUT2D eigenvalue weighted by molar-refractivity contribution is -0.145. The van der Waals surface area contributed by atoms with Crippen LogP contribution < -0.4 is 0 Å².